The van der Waals surface area contributed by atoms with Gasteiger partial charge in [-0.3, -0.25) is 4.90 Å². The molecule has 6 heteroatoms. The van der Waals surface area contributed by atoms with Crippen LogP contribution in [0.1, 0.15) is 18.6 Å². The highest BCUT2D eigenvalue weighted by molar-refractivity contribution is 6.31. The predicted molar refractivity (Wildman–Crippen MR) is 64.6 cm³/mol. The summed E-state index contributed by atoms with van der Waals surface area (Å²) in [7, 11) is 0. The summed E-state index contributed by atoms with van der Waals surface area (Å²) in [4.78, 5) is 1.13. The van der Waals surface area contributed by atoms with Crippen molar-refractivity contribution >= 4 is 11.6 Å². The minimum Gasteiger partial charge on any atom is -0.387 e. The van der Waals surface area contributed by atoms with E-state index < -0.39 is 18.8 Å². The summed E-state index contributed by atoms with van der Waals surface area (Å²) in [5.41, 5.74) is 0.444. The first-order chi connectivity index (χ1) is 8.33. The summed E-state index contributed by atoms with van der Waals surface area (Å²) in [6.45, 7) is 0.691. The second kappa shape index (κ2) is 6.41. The van der Waals surface area contributed by atoms with Crippen molar-refractivity contribution in [2.45, 2.75) is 19.2 Å². The number of rotatable bonds is 5. The highest BCUT2D eigenvalue weighted by Crippen LogP contribution is 2.24. The molecule has 0 heterocycles. The van der Waals surface area contributed by atoms with Crippen molar-refractivity contribution in [2.75, 3.05) is 19.6 Å². The number of hydrogen-bond donors (Lipinski definition) is 1. The van der Waals surface area contributed by atoms with Crippen molar-refractivity contribution in [2.24, 2.45) is 0 Å². The molecule has 0 saturated heterocycles. The van der Waals surface area contributed by atoms with Gasteiger partial charge in [0.15, 0.2) is 0 Å². The molecule has 1 unspecified atom stereocenters. The summed E-state index contributed by atoms with van der Waals surface area (Å²) in [5, 5.41) is 10.3. The monoisotopic (exact) mass is 281 g/mol. The molecule has 1 rings (SSSR count). The van der Waals surface area contributed by atoms with Crippen molar-refractivity contribution in [1.82, 2.24) is 4.90 Å². The highest BCUT2D eigenvalue weighted by Gasteiger charge is 2.31. The molecule has 0 aromatic heterocycles. The molecule has 1 N–H and O–H groups in total. The Morgan fingerprint density at radius 1 is 1.33 bits per heavy atom. The molecule has 0 aliphatic rings. The van der Waals surface area contributed by atoms with Crippen molar-refractivity contribution in [3.8, 4) is 0 Å². The molecule has 0 aliphatic heterocycles. The molecule has 0 amide bonds. The maximum absolute atomic E-state index is 12.3. The molecule has 0 saturated carbocycles. The maximum atomic E-state index is 12.3. The zero-order chi connectivity index (χ0) is 13.8. The van der Waals surface area contributed by atoms with Crippen LogP contribution in [0.3, 0.4) is 0 Å². The Hall–Kier alpha value is -0.780. The van der Waals surface area contributed by atoms with Crippen LogP contribution >= 0.6 is 11.6 Å². The van der Waals surface area contributed by atoms with E-state index in [1.165, 1.54) is 0 Å². The average Bonchev–Trinajstić information content (AvgIpc) is 2.26. The molecule has 1 aromatic rings. The fourth-order valence-electron chi connectivity index (χ4n) is 1.65. The van der Waals surface area contributed by atoms with Crippen LogP contribution < -0.4 is 0 Å². The first-order valence-electron chi connectivity index (χ1n) is 5.55. The number of likely N-dealkylation sites (N-methyl/N-ethyl adjacent to an activating group) is 1. The Morgan fingerprint density at radius 3 is 2.44 bits per heavy atom. The van der Waals surface area contributed by atoms with E-state index in [1.807, 2.05) is 0 Å². The van der Waals surface area contributed by atoms with Crippen LogP contribution in [-0.2, 0) is 0 Å². The molecule has 0 radical (unpaired) electrons. The van der Waals surface area contributed by atoms with Gasteiger partial charge in [0.2, 0.25) is 0 Å². The smallest absolute Gasteiger partial charge is 0.387 e. The SMILES string of the molecule is CCN(CC(O)c1ccccc1Cl)CC(F)(F)F. The van der Waals surface area contributed by atoms with Crippen LogP contribution in [0.5, 0.6) is 0 Å². The van der Waals surface area contributed by atoms with Gasteiger partial charge in [0.05, 0.1) is 12.6 Å². The number of benzene rings is 1. The molecule has 0 aliphatic carbocycles. The average molecular weight is 282 g/mol. The number of aliphatic hydroxyl groups excluding tert-OH is 1. The summed E-state index contributed by atoms with van der Waals surface area (Å²) >= 11 is 5.88. The van der Waals surface area contributed by atoms with Crippen LogP contribution in [0.4, 0.5) is 13.2 Å². The summed E-state index contributed by atoms with van der Waals surface area (Å²) in [6.07, 6.45) is -5.29. The first-order valence-corrected chi connectivity index (χ1v) is 5.93. The number of aliphatic hydroxyl groups is 1. The van der Waals surface area contributed by atoms with Gasteiger partial charge in [0.1, 0.15) is 0 Å². The topological polar surface area (TPSA) is 23.5 Å². The maximum Gasteiger partial charge on any atom is 0.401 e. The van der Waals surface area contributed by atoms with Crippen LogP contribution in [0.15, 0.2) is 24.3 Å². The molecule has 102 valence electrons. The third-order valence-corrected chi connectivity index (χ3v) is 2.89. The van der Waals surface area contributed by atoms with Gasteiger partial charge in [-0.1, -0.05) is 36.7 Å². The second-order valence-electron chi connectivity index (χ2n) is 3.98. The Morgan fingerprint density at radius 2 is 1.94 bits per heavy atom. The van der Waals surface area contributed by atoms with Gasteiger partial charge in [-0.15, -0.1) is 0 Å². The lowest BCUT2D eigenvalue weighted by molar-refractivity contribution is -0.148. The highest BCUT2D eigenvalue weighted by atomic mass is 35.5. The molecular weight excluding hydrogens is 267 g/mol. The quantitative estimate of drug-likeness (QED) is 0.895. The van der Waals surface area contributed by atoms with Crippen LogP contribution in [0.2, 0.25) is 5.02 Å². The van der Waals surface area contributed by atoms with Gasteiger partial charge in [-0.2, -0.15) is 13.2 Å². The molecule has 2 nitrogen and oxygen atoms in total. The standard InChI is InChI=1S/C12H15ClF3NO/c1-2-17(8-12(14,15)16)7-11(18)9-5-3-4-6-10(9)13/h3-6,11,18H,2,7-8H2,1H3. The minimum absolute atomic E-state index is 0.0975. The molecule has 1 aromatic carbocycles. The van der Waals surface area contributed by atoms with Crippen molar-refractivity contribution < 1.29 is 18.3 Å². The number of hydrogen-bond acceptors (Lipinski definition) is 2. The van der Waals surface area contributed by atoms with Crippen molar-refractivity contribution in [3.63, 3.8) is 0 Å². The van der Waals surface area contributed by atoms with E-state index in [2.05, 4.69) is 0 Å². The summed E-state index contributed by atoms with van der Waals surface area (Å²) in [5.74, 6) is 0. The summed E-state index contributed by atoms with van der Waals surface area (Å²) < 4.78 is 36.8. The van der Waals surface area contributed by atoms with Gasteiger partial charge in [-0.25, -0.2) is 0 Å². The van der Waals surface area contributed by atoms with Crippen molar-refractivity contribution in [3.05, 3.63) is 34.9 Å². The molecular formula is C12H15ClF3NO. The van der Waals surface area contributed by atoms with Gasteiger partial charge < -0.3 is 5.11 Å². The lowest BCUT2D eigenvalue weighted by Gasteiger charge is -2.25. The van der Waals surface area contributed by atoms with E-state index in [4.69, 9.17) is 11.6 Å². The Bertz CT molecular complexity index is 384. The third-order valence-electron chi connectivity index (χ3n) is 2.55. The number of alkyl halides is 3. The zero-order valence-corrected chi connectivity index (χ0v) is 10.7. The van der Waals surface area contributed by atoms with Gasteiger partial charge in [-0.05, 0) is 12.6 Å². The van der Waals surface area contributed by atoms with E-state index in [0.717, 1.165) is 4.90 Å². The van der Waals surface area contributed by atoms with Gasteiger partial charge in [0, 0.05) is 17.1 Å². The van der Waals surface area contributed by atoms with Gasteiger partial charge >= 0.3 is 6.18 Å². The van der Waals surface area contributed by atoms with Crippen molar-refractivity contribution in [1.29, 1.82) is 0 Å². The van der Waals surface area contributed by atoms with E-state index >= 15 is 0 Å². The van der Waals surface area contributed by atoms with E-state index in [0.29, 0.717) is 10.6 Å². The fraction of sp³-hybridized carbons (Fsp3) is 0.500. The lowest BCUT2D eigenvalue weighted by atomic mass is 10.1. The number of halogens is 4. The van der Waals surface area contributed by atoms with Crippen LogP contribution in [-0.4, -0.2) is 35.8 Å². The zero-order valence-electron chi connectivity index (χ0n) is 9.91. The van der Waals surface area contributed by atoms with E-state index in [9.17, 15) is 18.3 Å². The van der Waals surface area contributed by atoms with Gasteiger partial charge in [0.25, 0.3) is 0 Å². The minimum atomic E-state index is -4.27. The third kappa shape index (κ3) is 4.84. The predicted octanol–water partition coefficient (Wildman–Crippen LogP) is 3.26. The molecule has 0 spiro atoms. The summed E-state index contributed by atoms with van der Waals surface area (Å²) in [6, 6.07) is 6.59. The van der Waals surface area contributed by atoms with Crippen LogP contribution in [0.25, 0.3) is 0 Å². The second-order valence-corrected chi connectivity index (χ2v) is 4.39. The molecule has 18 heavy (non-hydrogen) atoms. The molecule has 0 bridgehead atoms. The first kappa shape index (κ1) is 15.3. The fourth-order valence-corrected chi connectivity index (χ4v) is 1.91. The Labute approximate surface area is 109 Å². The lowest BCUT2D eigenvalue weighted by Crippen LogP contribution is -2.37. The number of nitrogens with zero attached hydrogens (tertiary/aromatic N) is 1. The largest absolute Gasteiger partial charge is 0.401 e. The molecule has 1 atom stereocenters. The normalized spacial score (nSPS) is 13.9. The van der Waals surface area contributed by atoms with E-state index in [1.54, 1.807) is 31.2 Å². The van der Waals surface area contributed by atoms with Crippen LogP contribution in [0, 0.1) is 0 Å². The van der Waals surface area contributed by atoms with E-state index in [-0.39, 0.29) is 13.1 Å². The Kier molecular flexibility index (Phi) is 5.44. The Balaban J connectivity index is 2.68. The molecule has 0 fully saturated rings.